The maximum Gasteiger partial charge on any atom is 0.229 e. The van der Waals surface area contributed by atoms with E-state index in [2.05, 4.69) is 22.2 Å². The van der Waals surface area contributed by atoms with Crippen LogP contribution in [0.1, 0.15) is 18.4 Å². The molecule has 0 spiro atoms. The van der Waals surface area contributed by atoms with E-state index >= 15 is 0 Å². The van der Waals surface area contributed by atoms with Gasteiger partial charge in [-0.3, -0.25) is 4.72 Å². The second kappa shape index (κ2) is 4.81. The molecule has 0 heterocycles. The van der Waals surface area contributed by atoms with E-state index in [4.69, 9.17) is 0 Å². The van der Waals surface area contributed by atoms with Gasteiger partial charge in [-0.15, -0.1) is 0 Å². The Labute approximate surface area is 120 Å². The lowest BCUT2D eigenvalue weighted by Gasteiger charge is -2.41. The Balaban J connectivity index is 1.69. The summed E-state index contributed by atoms with van der Waals surface area (Å²) < 4.78 is 25.1. The van der Waals surface area contributed by atoms with E-state index in [-0.39, 0.29) is 0 Å². The first kappa shape index (κ1) is 13.5. The number of aryl methyl sites for hydroxylation is 1. The maximum atomic E-state index is 11.3. The molecule has 0 radical (unpaired) electrons. The molecular formula is C15H20N2O2S. The molecule has 5 heteroatoms. The van der Waals surface area contributed by atoms with Crippen molar-refractivity contribution in [1.82, 2.24) is 0 Å². The molecule has 3 atom stereocenters. The van der Waals surface area contributed by atoms with Crippen molar-refractivity contribution in [1.29, 1.82) is 0 Å². The summed E-state index contributed by atoms with van der Waals surface area (Å²) in [6.45, 7) is 1.91. The zero-order valence-corrected chi connectivity index (χ0v) is 12.6. The Morgan fingerprint density at radius 2 is 2.10 bits per heavy atom. The van der Waals surface area contributed by atoms with Gasteiger partial charge in [-0.2, -0.15) is 0 Å². The van der Waals surface area contributed by atoms with Crippen LogP contribution < -0.4 is 10.0 Å². The van der Waals surface area contributed by atoms with Crippen molar-refractivity contribution < 1.29 is 8.42 Å². The van der Waals surface area contributed by atoms with Gasteiger partial charge in [0.1, 0.15) is 0 Å². The topological polar surface area (TPSA) is 58.2 Å². The number of sulfonamides is 1. The van der Waals surface area contributed by atoms with Crippen molar-refractivity contribution in [3.63, 3.8) is 0 Å². The zero-order valence-electron chi connectivity index (χ0n) is 11.8. The van der Waals surface area contributed by atoms with Crippen LogP contribution in [-0.4, -0.2) is 20.7 Å². The quantitative estimate of drug-likeness (QED) is 0.839. The lowest BCUT2D eigenvalue weighted by molar-refractivity contribution is 0.218. The van der Waals surface area contributed by atoms with Gasteiger partial charge in [0.05, 0.1) is 11.9 Å². The monoisotopic (exact) mass is 292 g/mol. The minimum absolute atomic E-state index is 0.520. The Morgan fingerprint density at radius 3 is 2.75 bits per heavy atom. The number of fused-ring (bicyclic) bond motifs is 1. The minimum atomic E-state index is -3.22. The molecule has 2 aliphatic rings. The van der Waals surface area contributed by atoms with Crippen molar-refractivity contribution in [2.24, 2.45) is 11.8 Å². The highest BCUT2D eigenvalue weighted by atomic mass is 32.2. The summed E-state index contributed by atoms with van der Waals surface area (Å²) >= 11 is 0. The highest BCUT2D eigenvalue weighted by molar-refractivity contribution is 7.92. The average Bonchev–Trinajstić information content (AvgIpc) is 2.69. The first-order chi connectivity index (χ1) is 9.42. The summed E-state index contributed by atoms with van der Waals surface area (Å²) in [5.41, 5.74) is 2.63. The Kier molecular flexibility index (Phi) is 3.24. The van der Waals surface area contributed by atoms with Gasteiger partial charge in [0.25, 0.3) is 0 Å². The second-order valence-electron chi connectivity index (χ2n) is 5.89. The van der Waals surface area contributed by atoms with E-state index in [0.29, 0.717) is 17.6 Å². The van der Waals surface area contributed by atoms with Crippen LogP contribution in [0.15, 0.2) is 30.4 Å². The molecule has 2 N–H and O–H groups in total. The van der Waals surface area contributed by atoms with Crippen molar-refractivity contribution in [3.8, 4) is 0 Å². The molecule has 4 nitrogen and oxygen atoms in total. The fraction of sp³-hybridized carbons (Fsp3) is 0.467. The molecule has 1 fully saturated rings. The number of benzene rings is 1. The predicted molar refractivity (Wildman–Crippen MR) is 82.4 cm³/mol. The standard InChI is InChI=1S/C15H20N2O2S/c1-10-8-12(6-7-14(10)17-20(2,18)19)16-15-9-11-4-3-5-13(11)15/h3,5-8,11,13,15-17H,4,9H2,1-2H3. The number of hydrogen-bond acceptors (Lipinski definition) is 3. The summed E-state index contributed by atoms with van der Waals surface area (Å²) in [6, 6.07) is 6.28. The van der Waals surface area contributed by atoms with Gasteiger partial charge in [-0.25, -0.2) is 8.42 Å². The number of rotatable bonds is 4. The van der Waals surface area contributed by atoms with Crippen molar-refractivity contribution >= 4 is 21.4 Å². The second-order valence-corrected chi connectivity index (χ2v) is 7.64. The molecule has 2 aliphatic carbocycles. The van der Waals surface area contributed by atoms with Crippen molar-refractivity contribution in [2.45, 2.75) is 25.8 Å². The predicted octanol–water partition coefficient (Wildman–Crippen LogP) is 2.74. The third-order valence-corrected chi connectivity index (χ3v) is 4.83. The summed E-state index contributed by atoms with van der Waals surface area (Å²) in [5.74, 6) is 1.50. The Hall–Kier alpha value is -1.49. The van der Waals surface area contributed by atoms with Crippen LogP contribution in [0.3, 0.4) is 0 Å². The van der Waals surface area contributed by atoms with Gasteiger partial charge < -0.3 is 5.32 Å². The average molecular weight is 292 g/mol. The third kappa shape index (κ3) is 2.68. The van der Waals surface area contributed by atoms with Crippen molar-refractivity contribution in [2.75, 3.05) is 16.3 Å². The molecule has 108 valence electrons. The lowest BCUT2D eigenvalue weighted by atomic mass is 9.71. The van der Waals surface area contributed by atoms with Gasteiger partial charge in [-0.1, -0.05) is 12.2 Å². The highest BCUT2D eigenvalue weighted by Gasteiger charge is 2.40. The van der Waals surface area contributed by atoms with Crippen LogP contribution in [0.2, 0.25) is 0 Å². The molecule has 0 aromatic heterocycles. The smallest absolute Gasteiger partial charge is 0.229 e. The molecule has 1 aromatic rings. The van der Waals surface area contributed by atoms with E-state index < -0.39 is 10.0 Å². The van der Waals surface area contributed by atoms with E-state index in [1.54, 1.807) is 0 Å². The fourth-order valence-electron chi connectivity index (χ4n) is 3.17. The Bertz CT molecular complexity index is 652. The third-order valence-electron chi connectivity index (χ3n) is 4.24. The molecule has 0 amide bonds. The maximum absolute atomic E-state index is 11.3. The molecule has 0 aliphatic heterocycles. The van der Waals surface area contributed by atoms with Crippen LogP contribution >= 0.6 is 0 Å². The van der Waals surface area contributed by atoms with Crippen LogP contribution in [0.5, 0.6) is 0 Å². The molecule has 1 aromatic carbocycles. The highest BCUT2D eigenvalue weighted by Crippen LogP contribution is 2.44. The van der Waals surface area contributed by atoms with E-state index in [9.17, 15) is 8.42 Å². The van der Waals surface area contributed by atoms with Gasteiger partial charge in [0.15, 0.2) is 0 Å². The molecule has 3 unspecified atom stereocenters. The van der Waals surface area contributed by atoms with Crippen molar-refractivity contribution in [3.05, 3.63) is 35.9 Å². The summed E-state index contributed by atoms with van der Waals surface area (Å²) in [6.07, 6.45) is 8.21. The van der Waals surface area contributed by atoms with Crippen LogP contribution in [0.4, 0.5) is 11.4 Å². The van der Waals surface area contributed by atoms with E-state index in [1.165, 1.54) is 19.1 Å². The van der Waals surface area contributed by atoms with Crippen LogP contribution in [0, 0.1) is 18.8 Å². The summed E-state index contributed by atoms with van der Waals surface area (Å²) in [4.78, 5) is 0. The van der Waals surface area contributed by atoms with Gasteiger partial charge in [-0.05, 0) is 49.4 Å². The van der Waals surface area contributed by atoms with Crippen LogP contribution in [0.25, 0.3) is 0 Å². The molecule has 0 bridgehead atoms. The zero-order chi connectivity index (χ0) is 14.3. The first-order valence-corrected chi connectivity index (χ1v) is 8.83. The minimum Gasteiger partial charge on any atom is -0.382 e. The largest absolute Gasteiger partial charge is 0.382 e. The summed E-state index contributed by atoms with van der Waals surface area (Å²) in [7, 11) is -3.22. The lowest BCUT2D eigenvalue weighted by Crippen LogP contribution is -2.43. The SMILES string of the molecule is Cc1cc(NC2CC3CC=CC32)ccc1NS(C)(=O)=O. The first-order valence-electron chi connectivity index (χ1n) is 6.94. The number of hydrogen-bond donors (Lipinski definition) is 2. The van der Waals surface area contributed by atoms with E-state index in [0.717, 1.165) is 17.2 Å². The van der Waals surface area contributed by atoms with Gasteiger partial charge in [0.2, 0.25) is 10.0 Å². The molecule has 0 saturated heterocycles. The molecule has 3 rings (SSSR count). The van der Waals surface area contributed by atoms with Gasteiger partial charge >= 0.3 is 0 Å². The molecule has 1 saturated carbocycles. The normalized spacial score (nSPS) is 27.8. The van der Waals surface area contributed by atoms with Gasteiger partial charge in [0, 0.05) is 17.6 Å². The number of nitrogens with one attached hydrogen (secondary N) is 2. The number of allylic oxidation sites excluding steroid dienone is 1. The van der Waals surface area contributed by atoms with Crippen LogP contribution in [-0.2, 0) is 10.0 Å². The Morgan fingerprint density at radius 1 is 1.30 bits per heavy atom. The van der Waals surface area contributed by atoms with E-state index in [1.807, 2.05) is 25.1 Å². The number of anilines is 2. The fourth-order valence-corrected chi connectivity index (χ4v) is 3.79. The molecular weight excluding hydrogens is 272 g/mol. The molecule has 20 heavy (non-hydrogen) atoms. The summed E-state index contributed by atoms with van der Waals surface area (Å²) in [5, 5.41) is 3.55.